The summed E-state index contributed by atoms with van der Waals surface area (Å²) in [6, 6.07) is 21.6. The predicted octanol–water partition coefficient (Wildman–Crippen LogP) is 5.06. The number of nitrogens with one attached hydrogen (secondary N) is 1. The summed E-state index contributed by atoms with van der Waals surface area (Å²) in [4.78, 5) is 20.6. The van der Waals surface area contributed by atoms with Gasteiger partial charge in [0.2, 0.25) is 0 Å². The summed E-state index contributed by atoms with van der Waals surface area (Å²) in [5.74, 6) is -0.273. The van der Waals surface area contributed by atoms with Gasteiger partial charge in [0, 0.05) is 22.8 Å². The fourth-order valence-corrected chi connectivity index (χ4v) is 3.50. The zero-order valence-corrected chi connectivity index (χ0v) is 16.0. The molecule has 0 bridgehead atoms. The normalized spacial score (nSPS) is 12.1. The number of pyridine rings is 1. The lowest BCUT2D eigenvalue weighted by atomic mass is 10.0. The number of hydrogen-bond acceptors (Lipinski definition) is 3. The van der Waals surface area contributed by atoms with Gasteiger partial charge in [-0.3, -0.25) is 9.78 Å². The van der Waals surface area contributed by atoms with Gasteiger partial charge in [0.1, 0.15) is 0 Å². The number of ether oxygens (including phenoxy) is 1. The van der Waals surface area contributed by atoms with Crippen molar-refractivity contribution in [2.24, 2.45) is 0 Å². The van der Waals surface area contributed by atoms with E-state index in [0.717, 1.165) is 33.3 Å². The van der Waals surface area contributed by atoms with Crippen molar-refractivity contribution in [3.05, 3.63) is 101 Å². The summed E-state index contributed by atoms with van der Waals surface area (Å²) in [7, 11) is 0. The van der Waals surface area contributed by atoms with Crippen LogP contribution in [0.5, 0.6) is 0 Å². The number of H-pyrrole nitrogens is 1. The summed E-state index contributed by atoms with van der Waals surface area (Å²) in [6.45, 7) is 4.04. The molecule has 0 saturated heterocycles. The van der Waals surface area contributed by atoms with Crippen molar-refractivity contribution in [1.29, 1.82) is 0 Å². The van der Waals surface area contributed by atoms with Crippen LogP contribution in [0.15, 0.2) is 72.9 Å². The first kappa shape index (κ1) is 18.0. The Balaban J connectivity index is 1.62. The molecule has 0 amide bonds. The van der Waals surface area contributed by atoms with Gasteiger partial charge in [-0.15, -0.1) is 0 Å². The number of benzene rings is 2. The monoisotopic (exact) mass is 370 g/mol. The fraction of sp³-hybridized carbons (Fsp3) is 0.167. The van der Waals surface area contributed by atoms with Crippen LogP contribution in [0, 0.1) is 13.8 Å². The van der Waals surface area contributed by atoms with Gasteiger partial charge in [-0.05, 0) is 49.2 Å². The molecule has 0 aliphatic carbocycles. The summed E-state index contributed by atoms with van der Waals surface area (Å²) in [5, 5.41) is 1.07. The van der Waals surface area contributed by atoms with Gasteiger partial charge in [0.05, 0.1) is 12.1 Å². The van der Waals surface area contributed by atoms with Crippen LogP contribution < -0.4 is 0 Å². The zero-order chi connectivity index (χ0) is 19.5. The Bertz CT molecular complexity index is 1060. The largest absolute Gasteiger partial charge is 0.451 e. The third kappa shape index (κ3) is 3.67. The molecule has 1 N–H and O–H groups in total. The highest BCUT2D eigenvalue weighted by molar-refractivity contribution is 5.89. The number of aromatic amines is 1. The minimum atomic E-state index is -0.526. The lowest BCUT2D eigenvalue weighted by molar-refractivity contribution is -0.146. The summed E-state index contributed by atoms with van der Waals surface area (Å²) in [6.07, 6.45) is 1.40. The topological polar surface area (TPSA) is 55.0 Å². The standard InChI is InChI=1S/C24H22N2O2/c1-16-11-12-21-20(14-16)19(17(2)26-21)15-23(27)28-24(18-8-4-3-5-9-18)22-10-6-7-13-25-22/h3-14,24,26H,15H2,1-2H3/t24-/m0/s1. The third-order valence-electron chi connectivity index (χ3n) is 4.90. The minimum Gasteiger partial charge on any atom is -0.451 e. The molecule has 4 heteroatoms. The first-order chi connectivity index (χ1) is 13.6. The van der Waals surface area contributed by atoms with Gasteiger partial charge >= 0.3 is 5.97 Å². The molecule has 0 saturated carbocycles. The molecule has 4 aromatic rings. The van der Waals surface area contributed by atoms with E-state index in [-0.39, 0.29) is 12.4 Å². The quantitative estimate of drug-likeness (QED) is 0.500. The van der Waals surface area contributed by atoms with Gasteiger partial charge in [0.15, 0.2) is 6.10 Å². The summed E-state index contributed by atoms with van der Waals surface area (Å²) >= 11 is 0. The van der Waals surface area contributed by atoms with E-state index >= 15 is 0 Å². The number of aromatic nitrogens is 2. The smallest absolute Gasteiger partial charge is 0.311 e. The van der Waals surface area contributed by atoms with Crippen LogP contribution in [0.1, 0.15) is 34.2 Å². The van der Waals surface area contributed by atoms with Gasteiger partial charge in [-0.1, -0.05) is 48.0 Å². The van der Waals surface area contributed by atoms with E-state index in [9.17, 15) is 4.79 Å². The molecule has 1 atom stereocenters. The number of aryl methyl sites for hydroxylation is 2. The maximum absolute atomic E-state index is 12.9. The van der Waals surface area contributed by atoms with Gasteiger partial charge < -0.3 is 9.72 Å². The Hall–Kier alpha value is -3.40. The Morgan fingerprint density at radius 3 is 2.57 bits per heavy atom. The molecule has 2 aromatic heterocycles. The van der Waals surface area contributed by atoms with Crippen LogP contribution in [-0.4, -0.2) is 15.9 Å². The molecule has 2 heterocycles. The maximum Gasteiger partial charge on any atom is 0.311 e. The molecule has 4 rings (SSSR count). The number of carbonyl (C=O) groups excluding carboxylic acids is 1. The fourth-order valence-electron chi connectivity index (χ4n) is 3.50. The van der Waals surface area contributed by atoms with Crippen LogP contribution in [0.3, 0.4) is 0 Å². The Labute approximate surface area is 164 Å². The average molecular weight is 370 g/mol. The van der Waals surface area contributed by atoms with E-state index in [1.165, 1.54) is 0 Å². The van der Waals surface area contributed by atoms with E-state index in [1.54, 1.807) is 6.20 Å². The van der Waals surface area contributed by atoms with Crippen LogP contribution in [-0.2, 0) is 16.0 Å². The van der Waals surface area contributed by atoms with Crippen molar-refractivity contribution in [3.8, 4) is 0 Å². The molecule has 0 aliphatic rings. The van der Waals surface area contributed by atoms with Crippen molar-refractivity contribution in [1.82, 2.24) is 9.97 Å². The highest BCUT2D eigenvalue weighted by atomic mass is 16.5. The third-order valence-corrected chi connectivity index (χ3v) is 4.90. The van der Waals surface area contributed by atoms with E-state index in [4.69, 9.17) is 4.74 Å². The van der Waals surface area contributed by atoms with E-state index in [1.807, 2.05) is 61.5 Å². The van der Waals surface area contributed by atoms with Crippen molar-refractivity contribution in [2.45, 2.75) is 26.4 Å². The summed E-state index contributed by atoms with van der Waals surface area (Å²) < 4.78 is 5.91. The number of hydrogen-bond donors (Lipinski definition) is 1. The molecule has 0 spiro atoms. The molecular formula is C24H22N2O2. The van der Waals surface area contributed by atoms with Gasteiger partial charge in [-0.25, -0.2) is 0 Å². The number of rotatable bonds is 5. The molecule has 4 nitrogen and oxygen atoms in total. The van der Waals surface area contributed by atoms with E-state index in [2.05, 4.69) is 29.0 Å². The van der Waals surface area contributed by atoms with Crippen LogP contribution in [0.4, 0.5) is 0 Å². The molecule has 0 radical (unpaired) electrons. The SMILES string of the molecule is Cc1ccc2[nH]c(C)c(CC(=O)O[C@@H](c3ccccc3)c3ccccn3)c2c1. The highest BCUT2D eigenvalue weighted by Crippen LogP contribution is 2.27. The van der Waals surface area contributed by atoms with Crippen LogP contribution in [0.2, 0.25) is 0 Å². The first-order valence-corrected chi connectivity index (χ1v) is 9.35. The van der Waals surface area contributed by atoms with Crippen LogP contribution >= 0.6 is 0 Å². The molecule has 2 aromatic carbocycles. The second-order valence-corrected chi connectivity index (χ2v) is 6.99. The van der Waals surface area contributed by atoms with E-state index in [0.29, 0.717) is 5.69 Å². The summed E-state index contributed by atoms with van der Waals surface area (Å²) in [5.41, 5.74) is 5.80. The minimum absolute atomic E-state index is 0.214. The highest BCUT2D eigenvalue weighted by Gasteiger charge is 2.22. The zero-order valence-electron chi connectivity index (χ0n) is 16.0. The molecule has 0 aliphatic heterocycles. The Morgan fingerprint density at radius 1 is 1.04 bits per heavy atom. The van der Waals surface area contributed by atoms with Crippen molar-refractivity contribution in [2.75, 3.05) is 0 Å². The number of nitrogens with zero attached hydrogens (tertiary/aromatic N) is 1. The second-order valence-electron chi connectivity index (χ2n) is 6.99. The molecule has 0 fully saturated rings. The lowest BCUT2D eigenvalue weighted by Crippen LogP contribution is -2.16. The lowest BCUT2D eigenvalue weighted by Gasteiger charge is -2.18. The number of esters is 1. The Morgan fingerprint density at radius 2 is 1.82 bits per heavy atom. The molecule has 0 unspecified atom stereocenters. The molecule has 28 heavy (non-hydrogen) atoms. The first-order valence-electron chi connectivity index (χ1n) is 9.35. The molecule has 140 valence electrons. The van der Waals surface area contributed by atoms with Crippen molar-refractivity contribution in [3.63, 3.8) is 0 Å². The van der Waals surface area contributed by atoms with Gasteiger partial charge in [0.25, 0.3) is 0 Å². The molecular weight excluding hydrogens is 348 g/mol. The maximum atomic E-state index is 12.9. The van der Waals surface area contributed by atoms with E-state index < -0.39 is 6.10 Å². The predicted molar refractivity (Wildman–Crippen MR) is 110 cm³/mol. The van der Waals surface area contributed by atoms with Crippen LogP contribution in [0.25, 0.3) is 10.9 Å². The van der Waals surface area contributed by atoms with Crippen molar-refractivity contribution < 1.29 is 9.53 Å². The second kappa shape index (κ2) is 7.69. The van der Waals surface area contributed by atoms with Gasteiger partial charge in [-0.2, -0.15) is 0 Å². The Kier molecular flexibility index (Phi) is 4.94. The number of carbonyl (C=O) groups is 1. The number of fused-ring (bicyclic) bond motifs is 1. The average Bonchev–Trinajstić information content (AvgIpc) is 3.02. The van der Waals surface area contributed by atoms with Crippen molar-refractivity contribution >= 4 is 16.9 Å².